The van der Waals surface area contributed by atoms with Crippen molar-refractivity contribution in [2.75, 3.05) is 0 Å². The molecule has 7 aromatic rings. The lowest BCUT2D eigenvalue weighted by Gasteiger charge is -2.13. The van der Waals surface area contributed by atoms with Gasteiger partial charge < -0.3 is 4.42 Å². The van der Waals surface area contributed by atoms with Gasteiger partial charge in [0.15, 0.2) is 93.1 Å². The number of halogens is 20. The Bertz CT molecular complexity index is 2650. The highest BCUT2D eigenvalue weighted by Crippen LogP contribution is 2.48. The van der Waals surface area contributed by atoms with Crippen LogP contribution < -0.4 is 0 Å². The Hall–Kier alpha value is -6.28. The average Bonchev–Trinajstić information content (AvgIpc) is 3.56. The molecule has 6 aromatic carbocycles. The molecule has 0 saturated carbocycles. The Morgan fingerprint density at radius 1 is 0.228 bits per heavy atom. The van der Waals surface area contributed by atoms with Gasteiger partial charge in [-0.25, -0.2) is 87.8 Å². The van der Waals surface area contributed by atoms with Crippen LogP contribution in [0, 0.1) is 116 Å². The summed E-state index contributed by atoms with van der Waals surface area (Å²) in [7, 11) is 0. The summed E-state index contributed by atoms with van der Waals surface area (Å²) in [5, 5.41) is -2.36. The normalized spacial score (nSPS) is 11.9. The molecule has 0 bridgehead atoms. The summed E-state index contributed by atoms with van der Waals surface area (Å²) in [6.45, 7) is 0. The van der Waals surface area contributed by atoms with E-state index in [4.69, 9.17) is 4.42 Å². The summed E-state index contributed by atoms with van der Waals surface area (Å²) >= 11 is 0. The maximum Gasteiger partial charge on any atom is 0.200 e. The predicted octanol–water partition coefficient (Wildman–Crippen LogP) is 13.0. The van der Waals surface area contributed by atoms with E-state index in [2.05, 4.69) is 0 Å². The molecule has 1 heterocycles. The topological polar surface area (TPSA) is 13.1 Å². The number of furan rings is 1. The molecule has 0 aliphatic heterocycles. The first kappa shape index (κ1) is 39.0. The molecule has 1 nitrogen and oxygen atoms in total. The van der Waals surface area contributed by atoms with Crippen LogP contribution in [0.15, 0.2) is 28.7 Å². The fourth-order valence-corrected chi connectivity index (χ4v) is 6.04. The Morgan fingerprint density at radius 2 is 0.421 bits per heavy atom. The molecule has 0 N–H and O–H groups in total. The number of benzene rings is 6. The molecular formula is C36H4F20O. The first-order valence-corrected chi connectivity index (χ1v) is 14.7. The van der Waals surface area contributed by atoms with Crippen molar-refractivity contribution in [3.63, 3.8) is 0 Å². The summed E-state index contributed by atoms with van der Waals surface area (Å²) in [4.78, 5) is 0. The highest BCUT2D eigenvalue weighted by molar-refractivity contribution is 6.16. The van der Waals surface area contributed by atoms with Crippen LogP contribution in [0.3, 0.4) is 0 Å². The highest BCUT2D eigenvalue weighted by atomic mass is 19.2. The number of hydrogen-bond acceptors (Lipinski definition) is 1. The Kier molecular flexibility index (Phi) is 8.99. The molecule has 294 valence electrons. The number of fused-ring (bicyclic) bond motifs is 3. The van der Waals surface area contributed by atoms with Crippen molar-refractivity contribution in [1.82, 2.24) is 0 Å². The van der Waals surface area contributed by atoms with Crippen LogP contribution in [0.2, 0.25) is 0 Å². The van der Waals surface area contributed by atoms with Crippen LogP contribution in [0.5, 0.6) is 0 Å². The molecule has 0 saturated heterocycles. The van der Waals surface area contributed by atoms with E-state index in [9.17, 15) is 52.7 Å². The van der Waals surface area contributed by atoms with Crippen LogP contribution >= 0.6 is 0 Å². The van der Waals surface area contributed by atoms with Gasteiger partial charge in [0.05, 0.1) is 22.3 Å². The average molecular weight is 832 g/mol. The second kappa shape index (κ2) is 13.2. The number of rotatable bonds is 4. The van der Waals surface area contributed by atoms with E-state index in [0.29, 0.717) is 0 Å². The van der Waals surface area contributed by atoms with Crippen molar-refractivity contribution < 1.29 is 92.2 Å². The van der Waals surface area contributed by atoms with E-state index < -0.39 is 183 Å². The van der Waals surface area contributed by atoms with Gasteiger partial charge in [-0.05, 0) is 35.4 Å². The third-order valence-electron chi connectivity index (χ3n) is 8.63. The van der Waals surface area contributed by atoms with Crippen molar-refractivity contribution >= 4 is 21.9 Å². The Morgan fingerprint density at radius 3 is 0.649 bits per heavy atom. The fourth-order valence-electron chi connectivity index (χ4n) is 6.04. The maximum absolute atomic E-state index is 15.3. The molecular weight excluding hydrogens is 828 g/mol. The van der Waals surface area contributed by atoms with Gasteiger partial charge in [0, 0.05) is 21.9 Å². The summed E-state index contributed by atoms with van der Waals surface area (Å²) < 4.78 is 299. The zero-order valence-electron chi connectivity index (χ0n) is 26.3. The Labute approximate surface area is 299 Å². The second-order valence-electron chi connectivity index (χ2n) is 11.7. The molecule has 0 aliphatic rings. The summed E-state index contributed by atoms with van der Waals surface area (Å²) in [6, 6.07) is 0.452. The van der Waals surface area contributed by atoms with E-state index >= 15 is 35.1 Å². The lowest BCUT2D eigenvalue weighted by Crippen LogP contribution is -2.06. The van der Waals surface area contributed by atoms with Gasteiger partial charge in [-0.3, -0.25) is 0 Å². The van der Waals surface area contributed by atoms with Crippen LogP contribution in [0.4, 0.5) is 87.8 Å². The molecule has 21 heteroatoms. The van der Waals surface area contributed by atoms with Crippen LogP contribution in [0.1, 0.15) is 0 Å². The van der Waals surface area contributed by atoms with E-state index in [0.717, 1.165) is 0 Å². The molecule has 1 aromatic heterocycles. The molecule has 0 atom stereocenters. The van der Waals surface area contributed by atoms with Gasteiger partial charge in [-0.15, -0.1) is 0 Å². The summed E-state index contributed by atoms with van der Waals surface area (Å²) in [5.41, 5.74) is -17.1. The summed E-state index contributed by atoms with van der Waals surface area (Å²) in [6.07, 6.45) is 0. The quantitative estimate of drug-likeness (QED) is 0.0978. The van der Waals surface area contributed by atoms with E-state index in [1.807, 2.05) is 0 Å². The van der Waals surface area contributed by atoms with Gasteiger partial charge in [0.2, 0.25) is 23.3 Å². The highest BCUT2D eigenvalue weighted by Gasteiger charge is 2.35. The molecule has 0 unspecified atom stereocenters. The van der Waals surface area contributed by atoms with Gasteiger partial charge in [-0.1, -0.05) is 0 Å². The Balaban J connectivity index is 1.78. The third-order valence-corrected chi connectivity index (χ3v) is 8.63. The van der Waals surface area contributed by atoms with Gasteiger partial charge in [0.25, 0.3) is 0 Å². The summed E-state index contributed by atoms with van der Waals surface area (Å²) in [5.74, 6) is -54.8. The zero-order chi connectivity index (χ0) is 42.0. The minimum absolute atomic E-state index is 0.00428. The smallest absolute Gasteiger partial charge is 0.200 e. The van der Waals surface area contributed by atoms with Crippen molar-refractivity contribution in [1.29, 1.82) is 0 Å². The van der Waals surface area contributed by atoms with E-state index in [-0.39, 0.29) is 24.3 Å². The van der Waals surface area contributed by atoms with Crippen molar-refractivity contribution in [2.45, 2.75) is 0 Å². The SMILES string of the molecule is Fc1c(F)c(F)c(-c2cc(-c3c(F)c(F)c(F)c(F)c3F)c3oc4c(-c5c(F)c(F)c(F)c(F)c5F)cc(-c5c(F)c(F)c(F)c(F)c5F)cc4c3c2)c(F)c1F. The zero-order valence-corrected chi connectivity index (χ0v) is 26.3. The van der Waals surface area contributed by atoms with Crippen LogP contribution in [-0.2, 0) is 0 Å². The molecule has 0 aliphatic carbocycles. The minimum atomic E-state index is -2.81. The van der Waals surface area contributed by atoms with Crippen LogP contribution in [0.25, 0.3) is 66.4 Å². The maximum atomic E-state index is 15.3. The predicted molar refractivity (Wildman–Crippen MR) is 155 cm³/mol. The monoisotopic (exact) mass is 832 g/mol. The van der Waals surface area contributed by atoms with Crippen molar-refractivity contribution in [2.24, 2.45) is 0 Å². The largest absolute Gasteiger partial charge is 0.455 e. The van der Waals surface area contributed by atoms with Gasteiger partial charge in [-0.2, -0.15) is 0 Å². The second-order valence-corrected chi connectivity index (χ2v) is 11.7. The van der Waals surface area contributed by atoms with Crippen molar-refractivity contribution in [3.05, 3.63) is 141 Å². The standard InChI is InChI=1S/C36H4F20O/c37-15-11(16(38)24(46)31(53)23(15)45)5-1-7-8-2-6(12-17(39)25(47)32(54)26(48)18(12)40)4-10(14-21(43)29(51)34(56)30(52)22(14)44)36(8)57-35(7)9(3-5)13-19(41)27(49)33(55)28(50)20(13)42/h1-4H. The molecule has 57 heavy (non-hydrogen) atoms. The molecule has 0 fully saturated rings. The van der Waals surface area contributed by atoms with Crippen LogP contribution in [-0.4, -0.2) is 0 Å². The first-order chi connectivity index (χ1) is 26.6. The number of hydrogen-bond donors (Lipinski definition) is 0. The third kappa shape index (κ3) is 5.33. The molecule has 7 rings (SSSR count). The fraction of sp³-hybridized carbons (Fsp3) is 0. The molecule has 0 amide bonds. The molecule has 0 radical (unpaired) electrons. The van der Waals surface area contributed by atoms with Gasteiger partial charge in [0.1, 0.15) is 11.2 Å². The van der Waals surface area contributed by atoms with Gasteiger partial charge >= 0.3 is 0 Å². The van der Waals surface area contributed by atoms with Crippen molar-refractivity contribution in [3.8, 4) is 44.5 Å². The molecule has 0 spiro atoms. The minimum Gasteiger partial charge on any atom is -0.455 e. The van der Waals surface area contributed by atoms with E-state index in [1.54, 1.807) is 0 Å². The lowest BCUT2D eigenvalue weighted by molar-refractivity contribution is 0.381. The lowest BCUT2D eigenvalue weighted by atomic mass is 9.91. The van der Waals surface area contributed by atoms with E-state index in [1.165, 1.54) is 0 Å². The first-order valence-electron chi connectivity index (χ1n) is 14.7.